The molecule has 22 heavy (non-hydrogen) atoms. The third kappa shape index (κ3) is 2.19. The number of carbonyl (C=O) groups excluding carboxylic acids is 1. The molecule has 6 nitrogen and oxygen atoms in total. The maximum absolute atomic E-state index is 12.0. The van der Waals surface area contributed by atoms with Crippen LogP contribution in [0.3, 0.4) is 0 Å². The summed E-state index contributed by atoms with van der Waals surface area (Å²) in [6.45, 7) is 5.17. The third-order valence-electron chi connectivity index (χ3n) is 4.06. The van der Waals surface area contributed by atoms with Gasteiger partial charge < -0.3 is 14.2 Å². The van der Waals surface area contributed by atoms with Gasteiger partial charge >= 0.3 is 5.97 Å². The molecular weight excluding hydrogens is 284 g/mol. The number of ether oxygens (including phenoxy) is 3. The molecule has 1 aliphatic rings. The first-order valence-electron chi connectivity index (χ1n) is 7.53. The van der Waals surface area contributed by atoms with E-state index in [2.05, 4.69) is 5.10 Å². The lowest BCUT2D eigenvalue weighted by Gasteiger charge is -2.27. The van der Waals surface area contributed by atoms with E-state index in [1.165, 1.54) is 7.11 Å². The van der Waals surface area contributed by atoms with Crippen molar-refractivity contribution in [3.05, 3.63) is 35.2 Å². The summed E-state index contributed by atoms with van der Waals surface area (Å²) in [6, 6.07) is 5.56. The summed E-state index contributed by atoms with van der Waals surface area (Å²) in [5.74, 6) is -1.18. The normalized spacial score (nSPS) is 17.0. The number of hydrogen-bond acceptors (Lipinski definition) is 5. The van der Waals surface area contributed by atoms with Crippen LogP contribution in [-0.2, 0) is 26.4 Å². The van der Waals surface area contributed by atoms with E-state index >= 15 is 0 Å². The van der Waals surface area contributed by atoms with Crippen LogP contribution >= 0.6 is 0 Å². The second-order valence-corrected chi connectivity index (χ2v) is 5.21. The Kier molecular flexibility index (Phi) is 3.88. The number of nitrogens with zero attached hydrogens (tertiary/aromatic N) is 2. The average molecular weight is 304 g/mol. The van der Waals surface area contributed by atoms with Gasteiger partial charge in [0, 0.05) is 12.0 Å². The molecule has 0 spiro atoms. The zero-order chi connectivity index (χ0) is 15.7. The van der Waals surface area contributed by atoms with Gasteiger partial charge in [-0.1, -0.05) is 13.8 Å². The van der Waals surface area contributed by atoms with E-state index in [0.29, 0.717) is 25.3 Å². The molecule has 1 fully saturated rings. The highest BCUT2D eigenvalue weighted by atomic mass is 16.7. The summed E-state index contributed by atoms with van der Waals surface area (Å²) in [7, 11) is 1.36. The van der Waals surface area contributed by atoms with E-state index < -0.39 is 11.8 Å². The molecular formula is C16H20N2O4. The molecule has 0 atom stereocenters. The van der Waals surface area contributed by atoms with E-state index in [1.807, 2.05) is 26.0 Å². The number of aromatic nitrogens is 2. The maximum Gasteiger partial charge on any atom is 0.356 e. The fraction of sp³-hybridized carbons (Fsp3) is 0.500. The Bertz CT molecular complexity index is 701. The van der Waals surface area contributed by atoms with Crippen molar-refractivity contribution in [2.45, 2.75) is 32.5 Å². The first kappa shape index (κ1) is 15.0. The lowest BCUT2D eigenvalue weighted by Crippen LogP contribution is -2.27. The van der Waals surface area contributed by atoms with Gasteiger partial charge in [0.25, 0.3) is 0 Å². The topological polar surface area (TPSA) is 62.1 Å². The molecule has 0 bridgehead atoms. The van der Waals surface area contributed by atoms with Gasteiger partial charge in [0.05, 0.1) is 31.5 Å². The first-order chi connectivity index (χ1) is 10.6. The second-order valence-electron chi connectivity index (χ2n) is 5.21. The largest absolute Gasteiger partial charge is 0.464 e. The smallest absolute Gasteiger partial charge is 0.356 e. The van der Waals surface area contributed by atoms with Crippen LogP contribution in [0.1, 0.15) is 42.0 Å². The Morgan fingerprint density at radius 3 is 2.68 bits per heavy atom. The highest BCUT2D eigenvalue weighted by Gasteiger charge is 2.39. The molecule has 118 valence electrons. The Morgan fingerprint density at radius 1 is 1.36 bits per heavy atom. The molecule has 0 aliphatic carbocycles. The molecule has 3 heterocycles. The van der Waals surface area contributed by atoms with Crippen LogP contribution in [-0.4, -0.2) is 35.9 Å². The van der Waals surface area contributed by atoms with Gasteiger partial charge in [-0.15, -0.1) is 0 Å². The van der Waals surface area contributed by atoms with E-state index in [-0.39, 0.29) is 0 Å². The molecule has 6 heteroatoms. The summed E-state index contributed by atoms with van der Waals surface area (Å²) in [6.07, 6.45) is 1.47. The molecule has 1 aliphatic heterocycles. The minimum absolute atomic E-state index is 0.394. The number of rotatable bonds is 4. The molecule has 1 saturated heterocycles. The number of pyridine rings is 1. The van der Waals surface area contributed by atoms with Crippen LogP contribution in [0.5, 0.6) is 0 Å². The van der Waals surface area contributed by atoms with Crippen molar-refractivity contribution in [2.75, 3.05) is 20.3 Å². The Balaban J connectivity index is 2.24. The SMILES string of the molecule is CCc1cc2c(C3(CC)OCCO3)ccc(C(=O)OC)n2n1. The molecule has 0 aromatic carbocycles. The lowest BCUT2D eigenvalue weighted by molar-refractivity contribution is -0.166. The standard InChI is InChI=1S/C16H20N2O4/c1-4-11-10-14-12(16(5-2)21-8-9-22-16)6-7-13(15(19)20-3)18(14)17-11/h6-7,10H,4-5,8-9H2,1-3H3. The van der Waals surface area contributed by atoms with Crippen LogP contribution in [0.2, 0.25) is 0 Å². The maximum atomic E-state index is 12.0. The number of fused-ring (bicyclic) bond motifs is 1. The van der Waals surface area contributed by atoms with Crippen molar-refractivity contribution in [1.82, 2.24) is 9.61 Å². The Hall–Kier alpha value is -1.92. The summed E-state index contributed by atoms with van der Waals surface area (Å²) in [4.78, 5) is 12.0. The monoisotopic (exact) mass is 304 g/mol. The highest BCUT2D eigenvalue weighted by Crippen LogP contribution is 2.37. The molecule has 0 amide bonds. The van der Waals surface area contributed by atoms with E-state index in [1.54, 1.807) is 10.6 Å². The van der Waals surface area contributed by atoms with Gasteiger partial charge in [0.15, 0.2) is 11.5 Å². The second kappa shape index (κ2) is 5.70. The van der Waals surface area contributed by atoms with Crippen LogP contribution in [0.15, 0.2) is 18.2 Å². The summed E-state index contributed by atoms with van der Waals surface area (Å²) < 4.78 is 18.2. The molecule has 0 radical (unpaired) electrons. The van der Waals surface area contributed by atoms with Gasteiger partial charge in [-0.25, -0.2) is 9.31 Å². The van der Waals surface area contributed by atoms with E-state index in [0.717, 1.165) is 23.2 Å². The zero-order valence-electron chi connectivity index (χ0n) is 13.1. The van der Waals surface area contributed by atoms with Crippen LogP contribution in [0.4, 0.5) is 0 Å². The molecule has 0 unspecified atom stereocenters. The summed E-state index contributed by atoms with van der Waals surface area (Å²) >= 11 is 0. The zero-order valence-corrected chi connectivity index (χ0v) is 13.1. The minimum Gasteiger partial charge on any atom is -0.464 e. The third-order valence-corrected chi connectivity index (χ3v) is 4.06. The van der Waals surface area contributed by atoms with Gasteiger partial charge in [-0.2, -0.15) is 5.10 Å². The number of carbonyl (C=O) groups is 1. The molecule has 3 rings (SSSR count). The van der Waals surface area contributed by atoms with Crippen molar-refractivity contribution >= 4 is 11.5 Å². The number of esters is 1. The lowest BCUT2D eigenvalue weighted by atomic mass is 10.0. The molecule has 2 aromatic rings. The van der Waals surface area contributed by atoms with Crippen molar-refractivity contribution in [2.24, 2.45) is 0 Å². The summed E-state index contributed by atoms with van der Waals surface area (Å²) in [5.41, 5.74) is 3.02. The van der Waals surface area contributed by atoms with Crippen LogP contribution in [0, 0.1) is 0 Å². The Labute approximate surface area is 129 Å². The minimum atomic E-state index is -0.763. The van der Waals surface area contributed by atoms with Crippen LogP contribution < -0.4 is 0 Å². The van der Waals surface area contributed by atoms with Crippen molar-refractivity contribution in [3.8, 4) is 0 Å². The fourth-order valence-corrected chi connectivity index (χ4v) is 2.88. The quantitative estimate of drug-likeness (QED) is 0.811. The molecule has 2 aromatic heterocycles. The van der Waals surface area contributed by atoms with Crippen molar-refractivity contribution in [3.63, 3.8) is 0 Å². The van der Waals surface area contributed by atoms with E-state index in [4.69, 9.17) is 14.2 Å². The van der Waals surface area contributed by atoms with Gasteiger partial charge in [-0.05, 0) is 24.6 Å². The molecule has 0 N–H and O–H groups in total. The predicted octanol–water partition coefficient (Wildman–Crippen LogP) is 2.29. The van der Waals surface area contributed by atoms with Gasteiger partial charge in [0.1, 0.15) is 0 Å². The number of methoxy groups -OCH3 is 1. The summed E-state index contributed by atoms with van der Waals surface area (Å²) in [5, 5.41) is 4.50. The van der Waals surface area contributed by atoms with Crippen LogP contribution in [0.25, 0.3) is 5.52 Å². The fourth-order valence-electron chi connectivity index (χ4n) is 2.88. The van der Waals surface area contributed by atoms with Gasteiger partial charge in [-0.3, -0.25) is 0 Å². The van der Waals surface area contributed by atoms with E-state index in [9.17, 15) is 4.79 Å². The first-order valence-corrected chi connectivity index (χ1v) is 7.53. The average Bonchev–Trinajstić information content (AvgIpc) is 3.20. The highest BCUT2D eigenvalue weighted by molar-refractivity contribution is 5.88. The van der Waals surface area contributed by atoms with Crippen molar-refractivity contribution < 1.29 is 19.0 Å². The Morgan fingerprint density at radius 2 is 2.09 bits per heavy atom. The predicted molar refractivity (Wildman–Crippen MR) is 79.8 cm³/mol. The number of hydrogen-bond donors (Lipinski definition) is 0. The van der Waals surface area contributed by atoms with Crippen molar-refractivity contribution in [1.29, 1.82) is 0 Å². The number of aryl methyl sites for hydroxylation is 1. The molecule has 0 saturated carbocycles. The van der Waals surface area contributed by atoms with Gasteiger partial charge in [0.2, 0.25) is 0 Å².